The van der Waals surface area contributed by atoms with Crippen LogP contribution in [0.3, 0.4) is 0 Å². The predicted molar refractivity (Wildman–Crippen MR) is 93.6 cm³/mol. The number of hydrogen-bond donors (Lipinski definition) is 2. The SMILES string of the molecule is Cc1c(C)c(C)c(S(=O)(=O)N2CC[NH+](CC(N)=O)CC2)c(C)c1C. The lowest BCUT2D eigenvalue weighted by molar-refractivity contribution is -0.895. The first-order valence-electron chi connectivity index (χ1n) is 8.26. The van der Waals surface area contributed by atoms with Gasteiger partial charge in [-0.2, -0.15) is 4.31 Å². The number of amides is 1. The largest absolute Gasteiger partial charge is 0.365 e. The number of quaternary nitrogens is 1. The van der Waals surface area contributed by atoms with Crippen LogP contribution in [0.25, 0.3) is 0 Å². The summed E-state index contributed by atoms with van der Waals surface area (Å²) in [4.78, 5) is 12.5. The zero-order valence-corrected chi connectivity index (χ0v) is 16.0. The van der Waals surface area contributed by atoms with Gasteiger partial charge in [-0.3, -0.25) is 4.79 Å². The molecule has 0 radical (unpaired) electrons. The molecule has 0 saturated carbocycles. The number of carbonyl (C=O) groups excluding carboxylic acids is 1. The molecule has 1 aliphatic rings. The van der Waals surface area contributed by atoms with Gasteiger partial charge in [0.25, 0.3) is 5.91 Å². The number of primary amides is 1. The maximum absolute atomic E-state index is 13.2. The van der Waals surface area contributed by atoms with Crippen LogP contribution in [0.5, 0.6) is 0 Å². The number of sulfonamides is 1. The molecule has 1 aromatic rings. The molecule has 134 valence electrons. The minimum atomic E-state index is -3.53. The van der Waals surface area contributed by atoms with Crippen molar-refractivity contribution in [3.8, 4) is 0 Å². The molecule has 1 aromatic carbocycles. The van der Waals surface area contributed by atoms with Crippen molar-refractivity contribution < 1.29 is 18.1 Å². The smallest absolute Gasteiger partial charge is 0.272 e. The number of nitrogens with one attached hydrogen (secondary N) is 1. The van der Waals surface area contributed by atoms with E-state index in [0.29, 0.717) is 31.1 Å². The standard InChI is InChI=1S/C17H27N3O3S/c1-11-12(2)14(4)17(15(5)13(11)3)24(22,23)20-8-6-19(7-9-20)10-16(18)21/h6-10H2,1-5H3,(H2,18,21)/p+1. The molecule has 0 atom stereocenters. The van der Waals surface area contributed by atoms with Crippen LogP contribution >= 0.6 is 0 Å². The van der Waals surface area contributed by atoms with Gasteiger partial charge in [0.2, 0.25) is 10.0 Å². The normalized spacial score (nSPS) is 17.2. The van der Waals surface area contributed by atoms with Crippen LogP contribution in [-0.4, -0.2) is 51.4 Å². The highest BCUT2D eigenvalue weighted by Gasteiger charge is 2.33. The summed E-state index contributed by atoms with van der Waals surface area (Å²) in [6, 6.07) is 0. The van der Waals surface area contributed by atoms with Crippen molar-refractivity contribution in [3.63, 3.8) is 0 Å². The van der Waals surface area contributed by atoms with Crippen molar-refractivity contribution in [1.29, 1.82) is 0 Å². The fourth-order valence-electron chi connectivity index (χ4n) is 3.45. The molecule has 0 spiro atoms. The minimum Gasteiger partial charge on any atom is -0.365 e. The van der Waals surface area contributed by atoms with E-state index in [1.165, 1.54) is 0 Å². The summed E-state index contributed by atoms with van der Waals surface area (Å²) >= 11 is 0. The highest BCUT2D eigenvalue weighted by Crippen LogP contribution is 2.31. The summed E-state index contributed by atoms with van der Waals surface area (Å²) < 4.78 is 27.9. The predicted octanol–water partition coefficient (Wildman–Crippen LogP) is -0.397. The Kier molecular flexibility index (Phi) is 5.37. The summed E-state index contributed by atoms with van der Waals surface area (Å²) in [5.74, 6) is -0.349. The summed E-state index contributed by atoms with van der Waals surface area (Å²) in [5, 5.41) is 0. The second-order valence-electron chi connectivity index (χ2n) is 6.75. The average Bonchev–Trinajstić information content (AvgIpc) is 2.51. The molecule has 1 fully saturated rings. The van der Waals surface area contributed by atoms with Crippen molar-refractivity contribution in [2.24, 2.45) is 5.73 Å². The fraction of sp³-hybridized carbons (Fsp3) is 0.588. The van der Waals surface area contributed by atoms with Crippen molar-refractivity contribution in [2.75, 3.05) is 32.7 Å². The number of nitrogens with zero attached hydrogens (tertiary/aromatic N) is 1. The van der Waals surface area contributed by atoms with Gasteiger partial charge >= 0.3 is 0 Å². The Balaban J connectivity index is 2.35. The van der Waals surface area contributed by atoms with Crippen molar-refractivity contribution >= 4 is 15.9 Å². The van der Waals surface area contributed by atoms with Gasteiger partial charge in [0.05, 0.1) is 31.1 Å². The number of carbonyl (C=O) groups is 1. The lowest BCUT2D eigenvalue weighted by Gasteiger charge is -2.32. The van der Waals surface area contributed by atoms with Gasteiger partial charge in [-0.15, -0.1) is 0 Å². The summed E-state index contributed by atoms with van der Waals surface area (Å²) in [5.41, 5.74) is 10.1. The van der Waals surface area contributed by atoms with E-state index >= 15 is 0 Å². The second-order valence-corrected chi connectivity index (χ2v) is 8.63. The third-order valence-electron chi connectivity index (χ3n) is 5.38. The molecular formula is C17H28N3O3S+. The van der Waals surface area contributed by atoms with Crippen LogP contribution in [-0.2, 0) is 14.8 Å². The Morgan fingerprint density at radius 3 is 1.79 bits per heavy atom. The first-order chi connectivity index (χ1) is 11.1. The molecule has 24 heavy (non-hydrogen) atoms. The molecular weight excluding hydrogens is 326 g/mol. The van der Waals surface area contributed by atoms with Crippen molar-refractivity contribution in [2.45, 2.75) is 39.5 Å². The summed E-state index contributed by atoms with van der Waals surface area (Å²) in [6.07, 6.45) is 0. The van der Waals surface area contributed by atoms with E-state index in [4.69, 9.17) is 5.73 Å². The van der Waals surface area contributed by atoms with Crippen LogP contribution in [0.1, 0.15) is 27.8 Å². The summed E-state index contributed by atoms with van der Waals surface area (Å²) in [7, 11) is -3.53. The number of benzene rings is 1. The van der Waals surface area contributed by atoms with E-state index in [1.54, 1.807) is 4.31 Å². The van der Waals surface area contributed by atoms with Gasteiger partial charge in [0.1, 0.15) is 0 Å². The molecule has 3 N–H and O–H groups in total. The minimum absolute atomic E-state index is 0.259. The van der Waals surface area contributed by atoms with E-state index in [0.717, 1.165) is 32.7 Å². The van der Waals surface area contributed by atoms with Gasteiger partial charge in [-0.1, -0.05) is 0 Å². The molecule has 2 rings (SSSR count). The highest BCUT2D eigenvalue weighted by molar-refractivity contribution is 7.89. The first-order valence-corrected chi connectivity index (χ1v) is 9.70. The van der Waals surface area contributed by atoms with E-state index in [1.807, 2.05) is 34.6 Å². The van der Waals surface area contributed by atoms with Crippen molar-refractivity contribution in [3.05, 3.63) is 27.8 Å². The first kappa shape index (κ1) is 18.9. The van der Waals surface area contributed by atoms with Crippen LogP contribution in [0.2, 0.25) is 0 Å². The molecule has 1 amide bonds. The van der Waals surface area contributed by atoms with E-state index in [-0.39, 0.29) is 12.5 Å². The topological polar surface area (TPSA) is 84.9 Å². The van der Waals surface area contributed by atoms with Gasteiger partial charge in [0.15, 0.2) is 6.54 Å². The van der Waals surface area contributed by atoms with Gasteiger partial charge in [0, 0.05) is 0 Å². The highest BCUT2D eigenvalue weighted by atomic mass is 32.2. The molecule has 0 aromatic heterocycles. The third kappa shape index (κ3) is 3.34. The maximum atomic E-state index is 13.2. The van der Waals surface area contributed by atoms with Gasteiger partial charge < -0.3 is 10.6 Å². The van der Waals surface area contributed by atoms with Crippen LogP contribution in [0.15, 0.2) is 4.90 Å². The third-order valence-corrected chi connectivity index (χ3v) is 7.56. The van der Waals surface area contributed by atoms with Crippen LogP contribution in [0, 0.1) is 34.6 Å². The number of hydrogen-bond acceptors (Lipinski definition) is 3. The molecule has 1 aliphatic heterocycles. The van der Waals surface area contributed by atoms with Crippen molar-refractivity contribution in [1.82, 2.24) is 4.31 Å². The Hall–Kier alpha value is -1.44. The molecule has 0 bridgehead atoms. The quantitative estimate of drug-likeness (QED) is 0.772. The van der Waals surface area contributed by atoms with Crippen LogP contribution < -0.4 is 10.6 Å². The molecule has 0 aliphatic carbocycles. The second kappa shape index (κ2) is 6.82. The zero-order valence-electron chi connectivity index (χ0n) is 15.2. The number of nitrogens with two attached hydrogens (primary N) is 1. The van der Waals surface area contributed by atoms with Gasteiger partial charge in [-0.05, 0) is 62.4 Å². The lowest BCUT2D eigenvalue weighted by atomic mass is 9.95. The molecule has 1 saturated heterocycles. The number of piperazine rings is 1. The number of rotatable bonds is 4. The molecule has 6 nitrogen and oxygen atoms in total. The van der Waals surface area contributed by atoms with E-state index < -0.39 is 10.0 Å². The lowest BCUT2D eigenvalue weighted by Crippen LogP contribution is -3.15. The molecule has 1 heterocycles. The van der Waals surface area contributed by atoms with Crippen LogP contribution in [0.4, 0.5) is 0 Å². The Morgan fingerprint density at radius 1 is 0.958 bits per heavy atom. The van der Waals surface area contributed by atoms with E-state index in [2.05, 4.69) is 0 Å². The monoisotopic (exact) mass is 354 g/mol. The zero-order chi connectivity index (χ0) is 18.2. The van der Waals surface area contributed by atoms with E-state index in [9.17, 15) is 13.2 Å². The Labute approximate surface area is 144 Å². The molecule has 0 unspecified atom stereocenters. The van der Waals surface area contributed by atoms with Gasteiger partial charge in [-0.25, -0.2) is 8.42 Å². The Bertz CT molecular complexity index is 735. The average molecular weight is 354 g/mol. The fourth-order valence-corrected chi connectivity index (χ4v) is 5.45. The maximum Gasteiger partial charge on any atom is 0.272 e. The summed E-state index contributed by atoms with van der Waals surface area (Å²) in [6.45, 7) is 12.0. The Morgan fingerprint density at radius 2 is 1.38 bits per heavy atom. The molecule has 7 heteroatoms.